The first-order chi connectivity index (χ1) is 17.1. The van der Waals surface area contributed by atoms with Crippen LogP contribution in [0.3, 0.4) is 0 Å². The third kappa shape index (κ3) is 6.50. The van der Waals surface area contributed by atoms with Crippen LogP contribution in [0, 0.1) is 10.1 Å². The number of carbonyl (C=O) groups is 3. The minimum Gasteiger partial charge on any atom is -0.422 e. The van der Waals surface area contributed by atoms with E-state index in [1.807, 2.05) is 10.7 Å². The lowest BCUT2D eigenvalue weighted by Gasteiger charge is -2.09. The van der Waals surface area contributed by atoms with E-state index in [4.69, 9.17) is 4.74 Å². The number of benzene rings is 3. The Hall–Kier alpha value is -5.07. The molecule has 10 nitrogen and oxygen atoms in total. The fourth-order valence-electron chi connectivity index (χ4n) is 2.81. The maximum atomic E-state index is 12.8. The Balaban J connectivity index is 1.66. The van der Waals surface area contributed by atoms with E-state index >= 15 is 0 Å². The quantitative estimate of drug-likeness (QED) is 0.131. The highest BCUT2D eigenvalue weighted by Crippen LogP contribution is 2.30. The predicted molar refractivity (Wildman–Crippen MR) is 120 cm³/mol. The van der Waals surface area contributed by atoms with E-state index in [2.05, 4.69) is 5.10 Å². The molecule has 3 rings (SSSR count). The van der Waals surface area contributed by atoms with Gasteiger partial charge >= 0.3 is 24.0 Å². The molecule has 0 radical (unpaired) electrons. The number of halogens is 3. The topological polar surface area (TPSA) is 140 Å². The maximum Gasteiger partial charge on any atom is 0.416 e. The normalized spacial score (nSPS) is 11.1. The first-order valence-electron chi connectivity index (χ1n) is 9.92. The molecule has 2 amide bonds. The van der Waals surface area contributed by atoms with Gasteiger partial charge in [-0.1, -0.05) is 30.3 Å². The molecule has 0 bridgehead atoms. The second-order valence-electron chi connectivity index (χ2n) is 6.93. The number of nitro benzene ring substituents is 1. The third-order valence-electron chi connectivity index (χ3n) is 4.47. The Bertz CT molecular complexity index is 1360. The molecule has 36 heavy (non-hydrogen) atoms. The maximum absolute atomic E-state index is 12.8. The first kappa shape index (κ1) is 25.6. The number of nitro groups is 1. The molecular weight excluding hydrogens is 485 g/mol. The molecule has 0 fully saturated rings. The molecule has 0 aliphatic rings. The average molecular weight is 500 g/mol. The van der Waals surface area contributed by atoms with Gasteiger partial charge in [-0.3, -0.25) is 19.7 Å². The number of nitrogens with one attached hydrogen (secondary N) is 2. The van der Waals surface area contributed by atoms with Crippen molar-refractivity contribution in [3.8, 4) is 5.75 Å². The van der Waals surface area contributed by atoms with Crippen molar-refractivity contribution >= 4 is 35.4 Å². The summed E-state index contributed by atoms with van der Waals surface area (Å²) in [5.41, 5.74) is 0.0760. The highest BCUT2D eigenvalue weighted by atomic mass is 19.4. The highest BCUT2D eigenvalue weighted by Gasteiger charge is 2.30. The number of hydrogen-bond donors (Lipinski definition) is 2. The molecular formula is C23H15F3N4O6. The summed E-state index contributed by atoms with van der Waals surface area (Å²) in [6.45, 7) is 0. The summed E-state index contributed by atoms with van der Waals surface area (Å²) < 4.78 is 43.6. The minimum atomic E-state index is -4.63. The summed E-state index contributed by atoms with van der Waals surface area (Å²) in [4.78, 5) is 46.8. The molecule has 0 aliphatic heterocycles. The summed E-state index contributed by atoms with van der Waals surface area (Å²) >= 11 is 0. The minimum absolute atomic E-state index is 0.0490. The van der Waals surface area contributed by atoms with Crippen molar-refractivity contribution in [2.75, 3.05) is 5.32 Å². The number of esters is 1. The SMILES string of the molecule is O=C(N/N=C/c1ccccc1OC(=O)c1ccccc1[N+](=O)[O-])C(=O)Nc1cccc(C(F)(F)F)c1. The van der Waals surface area contributed by atoms with Crippen molar-refractivity contribution in [3.05, 3.63) is 99.6 Å². The Morgan fingerprint density at radius 2 is 1.64 bits per heavy atom. The van der Waals surface area contributed by atoms with Gasteiger partial charge < -0.3 is 10.1 Å². The van der Waals surface area contributed by atoms with Gasteiger partial charge in [0.05, 0.1) is 16.7 Å². The Morgan fingerprint density at radius 3 is 2.36 bits per heavy atom. The van der Waals surface area contributed by atoms with Gasteiger partial charge in [-0.05, 0) is 36.4 Å². The van der Waals surface area contributed by atoms with Crippen molar-refractivity contribution in [3.63, 3.8) is 0 Å². The number of ether oxygens (including phenoxy) is 1. The van der Waals surface area contributed by atoms with Crippen LogP contribution in [-0.4, -0.2) is 28.9 Å². The lowest BCUT2D eigenvalue weighted by atomic mass is 10.2. The summed E-state index contributed by atoms with van der Waals surface area (Å²) in [6.07, 6.45) is -3.59. The molecule has 0 heterocycles. The number of carbonyl (C=O) groups excluding carboxylic acids is 3. The summed E-state index contributed by atoms with van der Waals surface area (Å²) in [7, 11) is 0. The molecule has 0 atom stereocenters. The highest BCUT2D eigenvalue weighted by molar-refractivity contribution is 6.39. The number of anilines is 1. The fraction of sp³-hybridized carbons (Fsp3) is 0.0435. The van der Waals surface area contributed by atoms with Crippen LogP contribution in [0.4, 0.5) is 24.5 Å². The number of para-hydroxylation sites is 2. The van der Waals surface area contributed by atoms with Crippen LogP contribution in [0.25, 0.3) is 0 Å². The zero-order valence-electron chi connectivity index (χ0n) is 18.0. The molecule has 3 aromatic carbocycles. The Kier molecular flexibility index (Phi) is 7.74. The van der Waals surface area contributed by atoms with E-state index in [0.717, 1.165) is 24.4 Å². The molecule has 0 saturated carbocycles. The van der Waals surface area contributed by atoms with Crippen molar-refractivity contribution in [1.29, 1.82) is 0 Å². The van der Waals surface area contributed by atoms with E-state index < -0.39 is 40.1 Å². The van der Waals surface area contributed by atoms with Crippen molar-refractivity contribution in [2.24, 2.45) is 5.10 Å². The standard InChI is InChI=1S/C23H15F3N4O6/c24-23(25,26)15-7-5-8-16(12-15)28-20(31)21(32)29-27-13-14-6-1-4-11-19(14)36-22(33)17-9-2-3-10-18(17)30(34)35/h1-13H,(H,28,31)(H,29,32)/b27-13+. The van der Waals surface area contributed by atoms with Crippen molar-refractivity contribution in [2.45, 2.75) is 6.18 Å². The zero-order chi connectivity index (χ0) is 26.3. The van der Waals surface area contributed by atoms with Crippen LogP contribution < -0.4 is 15.5 Å². The number of nitrogens with zero attached hydrogens (tertiary/aromatic N) is 2. The van der Waals surface area contributed by atoms with Gasteiger partial charge in [-0.15, -0.1) is 0 Å². The van der Waals surface area contributed by atoms with E-state index in [9.17, 15) is 37.7 Å². The molecule has 0 saturated heterocycles. The largest absolute Gasteiger partial charge is 0.422 e. The number of hydrogen-bond acceptors (Lipinski definition) is 7. The van der Waals surface area contributed by atoms with Crippen LogP contribution in [-0.2, 0) is 15.8 Å². The van der Waals surface area contributed by atoms with E-state index in [-0.39, 0.29) is 22.6 Å². The molecule has 3 aromatic rings. The molecule has 0 aliphatic carbocycles. The van der Waals surface area contributed by atoms with Gasteiger partial charge in [0, 0.05) is 17.3 Å². The van der Waals surface area contributed by atoms with Crippen LogP contribution >= 0.6 is 0 Å². The van der Waals surface area contributed by atoms with Gasteiger partial charge in [-0.2, -0.15) is 18.3 Å². The molecule has 0 spiro atoms. The molecule has 13 heteroatoms. The lowest BCUT2D eigenvalue weighted by Crippen LogP contribution is -2.32. The van der Waals surface area contributed by atoms with Gasteiger partial charge in [0.15, 0.2) is 0 Å². The van der Waals surface area contributed by atoms with Gasteiger partial charge in [0.2, 0.25) is 0 Å². The van der Waals surface area contributed by atoms with Crippen molar-refractivity contribution < 1.29 is 37.2 Å². The third-order valence-corrected chi connectivity index (χ3v) is 4.47. The Labute approximate surface area is 200 Å². The second kappa shape index (κ2) is 10.9. The smallest absolute Gasteiger partial charge is 0.416 e. The lowest BCUT2D eigenvalue weighted by molar-refractivity contribution is -0.385. The van der Waals surface area contributed by atoms with Gasteiger partial charge in [-0.25, -0.2) is 10.2 Å². The predicted octanol–water partition coefficient (Wildman–Crippen LogP) is 3.92. The van der Waals surface area contributed by atoms with E-state index in [1.54, 1.807) is 6.07 Å². The van der Waals surface area contributed by atoms with Crippen molar-refractivity contribution in [1.82, 2.24) is 5.43 Å². The molecule has 0 unspecified atom stereocenters. The monoisotopic (exact) mass is 500 g/mol. The van der Waals surface area contributed by atoms with Gasteiger partial charge in [0.25, 0.3) is 5.69 Å². The van der Waals surface area contributed by atoms with E-state index in [0.29, 0.717) is 6.07 Å². The zero-order valence-corrected chi connectivity index (χ0v) is 18.0. The first-order valence-corrected chi connectivity index (χ1v) is 9.92. The van der Waals surface area contributed by atoms with Crippen LogP contribution in [0.15, 0.2) is 77.9 Å². The fourth-order valence-corrected chi connectivity index (χ4v) is 2.81. The molecule has 184 valence electrons. The van der Waals surface area contributed by atoms with Crippen LogP contribution in [0.5, 0.6) is 5.75 Å². The molecule has 0 aromatic heterocycles. The van der Waals surface area contributed by atoms with Crippen LogP contribution in [0.1, 0.15) is 21.5 Å². The Morgan fingerprint density at radius 1 is 0.944 bits per heavy atom. The summed E-state index contributed by atoms with van der Waals surface area (Å²) in [5, 5.41) is 16.7. The van der Waals surface area contributed by atoms with Gasteiger partial charge in [0.1, 0.15) is 11.3 Å². The second-order valence-corrected chi connectivity index (χ2v) is 6.93. The summed E-state index contributed by atoms with van der Waals surface area (Å²) in [5.74, 6) is -3.61. The summed E-state index contributed by atoms with van der Waals surface area (Å²) in [6, 6.07) is 14.8. The number of rotatable bonds is 6. The number of hydrazone groups is 1. The number of amides is 2. The molecule has 2 N–H and O–H groups in total. The average Bonchev–Trinajstić information content (AvgIpc) is 2.84. The van der Waals surface area contributed by atoms with Crippen LogP contribution in [0.2, 0.25) is 0 Å². The van der Waals surface area contributed by atoms with E-state index in [1.165, 1.54) is 42.5 Å². The number of alkyl halides is 3.